The molecule has 0 saturated heterocycles. The van der Waals surface area contributed by atoms with Gasteiger partial charge in [-0.2, -0.15) is 0 Å². The van der Waals surface area contributed by atoms with Gasteiger partial charge in [-0.15, -0.1) is 0 Å². The third-order valence-corrected chi connectivity index (χ3v) is 2.87. The maximum atomic E-state index is 13.5. The van der Waals surface area contributed by atoms with Crippen LogP contribution < -0.4 is 0 Å². The lowest BCUT2D eigenvalue weighted by Crippen LogP contribution is -2.29. The highest BCUT2D eigenvalue weighted by Gasteiger charge is 2.41. The second-order valence-electron chi connectivity index (χ2n) is 3.84. The molecule has 1 aromatic heterocycles. The van der Waals surface area contributed by atoms with E-state index in [0.717, 1.165) is 12.0 Å². The first-order valence-corrected chi connectivity index (χ1v) is 4.98. The van der Waals surface area contributed by atoms with E-state index < -0.39 is 11.8 Å². The Kier molecular flexibility index (Phi) is 2.48. The molecule has 1 aromatic rings. The molecule has 1 nitrogen and oxygen atoms in total. The first kappa shape index (κ1) is 9.56. The zero-order valence-corrected chi connectivity index (χ0v) is 7.92. The molecule has 14 heavy (non-hydrogen) atoms. The molecule has 1 aliphatic carbocycles. The molecule has 1 saturated carbocycles. The van der Waals surface area contributed by atoms with Crippen LogP contribution in [-0.4, -0.2) is 10.9 Å². The molecular weight excluding hydrogens is 184 g/mol. The zero-order chi connectivity index (χ0) is 10.0. The fraction of sp³-hybridized carbons (Fsp3) is 0.545. The second kappa shape index (κ2) is 3.64. The summed E-state index contributed by atoms with van der Waals surface area (Å²) in [6.07, 6.45) is 5.34. The molecular formula is C11H13F2N. The molecule has 0 N–H and O–H groups in total. The summed E-state index contributed by atoms with van der Waals surface area (Å²) in [6.45, 7) is 0. The normalized spacial score (nSPS) is 26.0. The van der Waals surface area contributed by atoms with Crippen molar-refractivity contribution < 1.29 is 8.78 Å². The van der Waals surface area contributed by atoms with Crippen molar-refractivity contribution in [3.05, 3.63) is 30.1 Å². The van der Waals surface area contributed by atoms with Crippen LogP contribution in [0.25, 0.3) is 0 Å². The minimum Gasteiger partial charge on any atom is -0.265 e. The van der Waals surface area contributed by atoms with Gasteiger partial charge in [-0.05, 0) is 30.5 Å². The van der Waals surface area contributed by atoms with E-state index in [9.17, 15) is 8.78 Å². The highest BCUT2D eigenvalue weighted by molar-refractivity contribution is 5.19. The molecule has 0 bridgehead atoms. The van der Waals surface area contributed by atoms with Gasteiger partial charge in [-0.3, -0.25) is 4.98 Å². The smallest absolute Gasteiger partial charge is 0.254 e. The van der Waals surface area contributed by atoms with E-state index in [2.05, 4.69) is 4.98 Å². The Morgan fingerprint density at radius 2 is 1.93 bits per heavy atom. The van der Waals surface area contributed by atoms with Gasteiger partial charge in [0.2, 0.25) is 0 Å². The maximum Gasteiger partial charge on any atom is 0.254 e. The van der Waals surface area contributed by atoms with Gasteiger partial charge in [0.05, 0.1) is 0 Å². The van der Waals surface area contributed by atoms with E-state index in [0.29, 0.717) is 12.8 Å². The van der Waals surface area contributed by atoms with Crippen molar-refractivity contribution in [2.24, 2.45) is 0 Å². The number of halogens is 2. The number of rotatable bonds is 1. The Bertz CT molecular complexity index is 297. The molecule has 0 amide bonds. The van der Waals surface area contributed by atoms with Crippen molar-refractivity contribution in [2.45, 2.75) is 37.5 Å². The summed E-state index contributed by atoms with van der Waals surface area (Å²) < 4.78 is 27.1. The third kappa shape index (κ3) is 1.76. The summed E-state index contributed by atoms with van der Waals surface area (Å²) in [7, 11) is 0. The van der Waals surface area contributed by atoms with E-state index in [1.54, 1.807) is 24.5 Å². The van der Waals surface area contributed by atoms with Gasteiger partial charge in [-0.1, -0.05) is 6.42 Å². The van der Waals surface area contributed by atoms with Gasteiger partial charge >= 0.3 is 0 Å². The summed E-state index contributed by atoms with van der Waals surface area (Å²) in [6, 6.07) is 3.40. The van der Waals surface area contributed by atoms with Gasteiger partial charge in [-0.25, -0.2) is 8.78 Å². The van der Waals surface area contributed by atoms with Crippen LogP contribution in [0.3, 0.4) is 0 Å². The molecule has 1 heterocycles. The predicted octanol–water partition coefficient (Wildman–Crippen LogP) is 3.37. The van der Waals surface area contributed by atoms with Crippen LogP contribution in [0.4, 0.5) is 8.78 Å². The van der Waals surface area contributed by atoms with E-state index in [1.165, 1.54) is 0 Å². The van der Waals surface area contributed by atoms with E-state index >= 15 is 0 Å². The Balaban J connectivity index is 2.24. The number of nitrogens with zero attached hydrogens (tertiary/aromatic N) is 1. The zero-order valence-electron chi connectivity index (χ0n) is 7.92. The molecule has 1 unspecified atom stereocenters. The number of pyridine rings is 1. The van der Waals surface area contributed by atoms with Crippen LogP contribution in [0.1, 0.15) is 37.2 Å². The van der Waals surface area contributed by atoms with Crippen molar-refractivity contribution in [2.75, 3.05) is 0 Å². The SMILES string of the molecule is FC1(F)CCCCC1c1ccncc1. The Hall–Kier alpha value is -0.990. The standard InChI is InChI=1S/C11H13F2N/c12-11(13)6-2-1-3-10(11)9-4-7-14-8-5-9/h4-5,7-8,10H,1-3,6H2. The molecule has 0 aliphatic heterocycles. The highest BCUT2D eigenvalue weighted by atomic mass is 19.3. The largest absolute Gasteiger partial charge is 0.265 e. The molecule has 3 heteroatoms. The number of alkyl halides is 2. The van der Waals surface area contributed by atoms with Crippen LogP contribution >= 0.6 is 0 Å². The first-order valence-electron chi connectivity index (χ1n) is 4.98. The minimum absolute atomic E-state index is 0.0278. The average molecular weight is 197 g/mol. The molecule has 0 spiro atoms. The summed E-state index contributed by atoms with van der Waals surface area (Å²) >= 11 is 0. The fourth-order valence-corrected chi connectivity index (χ4v) is 2.10. The lowest BCUT2D eigenvalue weighted by Gasteiger charge is -2.31. The molecule has 1 fully saturated rings. The van der Waals surface area contributed by atoms with E-state index in [4.69, 9.17) is 0 Å². The second-order valence-corrected chi connectivity index (χ2v) is 3.84. The molecule has 1 aliphatic rings. The summed E-state index contributed by atoms with van der Waals surface area (Å²) in [4.78, 5) is 3.84. The van der Waals surface area contributed by atoms with Gasteiger partial charge < -0.3 is 0 Å². The Labute approximate surface area is 82.2 Å². The Morgan fingerprint density at radius 3 is 2.57 bits per heavy atom. The van der Waals surface area contributed by atoms with Crippen molar-refractivity contribution in [3.8, 4) is 0 Å². The average Bonchev–Trinajstić information content (AvgIpc) is 2.18. The van der Waals surface area contributed by atoms with Crippen LogP contribution in [0.15, 0.2) is 24.5 Å². The summed E-state index contributed by atoms with van der Waals surface area (Å²) in [5, 5.41) is 0. The van der Waals surface area contributed by atoms with Gasteiger partial charge in [0, 0.05) is 24.7 Å². The lowest BCUT2D eigenvalue weighted by molar-refractivity contribution is -0.0547. The van der Waals surface area contributed by atoms with Crippen molar-refractivity contribution in [1.29, 1.82) is 0 Å². The van der Waals surface area contributed by atoms with Crippen LogP contribution in [0.2, 0.25) is 0 Å². The highest BCUT2D eigenvalue weighted by Crippen LogP contribution is 2.44. The minimum atomic E-state index is -2.53. The fourth-order valence-electron chi connectivity index (χ4n) is 2.10. The third-order valence-electron chi connectivity index (χ3n) is 2.87. The van der Waals surface area contributed by atoms with Gasteiger partial charge in [0.15, 0.2) is 0 Å². The molecule has 76 valence electrons. The Morgan fingerprint density at radius 1 is 1.21 bits per heavy atom. The molecule has 0 aromatic carbocycles. The summed E-state index contributed by atoms with van der Waals surface area (Å²) in [5.41, 5.74) is 0.727. The van der Waals surface area contributed by atoms with E-state index in [1.807, 2.05) is 0 Å². The topological polar surface area (TPSA) is 12.9 Å². The molecule has 1 atom stereocenters. The van der Waals surface area contributed by atoms with Gasteiger partial charge in [0.25, 0.3) is 5.92 Å². The van der Waals surface area contributed by atoms with Crippen molar-refractivity contribution >= 4 is 0 Å². The molecule has 0 radical (unpaired) electrons. The van der Waals surface area contributed by atoms with E-state index in [-0.39, 0.29) is 6.42 Å². The first-order chi connectivity index (χ1) is 6.70. The predicted molar refractivity (Wildman–Crippen MR) is 50.4 cm³/mol. The van der Waals surface area contributed by atoms with Crippen LogP contribution in [-0.2, 0) is 0 Å². The van der Waals surface area contributed by atoms with Crippen molar-refractivity contribution in [1.82, 2.24) is 4.98 Å². The summed E-state index contributed by atoms with van der Waals surface area (Å²) in [5.74, 6) is -3.13. The van der Waals surface area contributed by atoms with Crippen LogP contribution in [0.5, 0.6) is 0 Å². The molecule has 2 rings (SSSR count). The monoisotopic (exact) mass is 197 g/mol. The van der Waals surface area contributed by atoms with Crippen molar-refractivity contribution in [3.63, 3.8) is 0 Å². The number of aromatic nitrogens is 1. The number of hydrogen-bond acceptors (Lipinski definition) is 1. The maximum absolute atomic E-state index is 13.5. The lowest BCUT2D eigenvalue weighted by atomic mass is 9.81. The number of hydrogen-bond donors (Lipinski definition) is 0. The van der Waals surface area contributed by atoms with Gasteiger partial charge in [0.1, 0.15) is 0 Å². The van der Waals surface area contributed by atoms with Crippen LogP contribution in [0, 0.1) is 0 Å². The quantitative estimate of drug-likeness (QED) is 0.672.